The molecule has 1 aromatic rings. The molecule has 16 heavy (non-hydrogen) atoms. The van der Waals surface area contributed by atoms with E-state index < -0.39 is 0 Å². The molecular weight excluding hydrogens is 204 g/mol. The van der Waals surface area contributed by atoms with Crippen molar-refractivity contribution in [2.45, 2.75) is 26.8 Å². The summed E-state index contributed by atoms with van der Waals surface area (Å²) in [6.07, 6.45) is 0. The van der Waals surface area contributed by atoms with Crippen LogP contribution >= 0.6 is 0 Å². The lowest BCUT2D eigenvalue weighted by Gasteiger charge is -2.12. The monoisotopic (exact) mass is 222 g/mol. The number of nitrogens with two attached hydrogens (primary N) is 1. The number of carbonyl (C=O) groups excluding carboxylic acids is 1. The number of anilines is 1. The summed E-state index contributed by atoms with van der Waals surface area (Å²) in [6.45, 7) is 5.69. The second-order valence-corrected chi connectivity index (χ2v) is 4.00. The summed E-state index contributed by atoms with van der Waals surface area (Å²) in [4.78, 5) is 11.3. The Morgan fingerprint density at radius 3 is 2.81 bits per heavy atom. The van der Waals surface area contributed by atoms with E-state index in [-0.39, 0.29) is 18.6 Å². The molecule has 0 aromatic heterocycles. The Labute approximate surface area is 95.8 Å². The average molecular weight is 222 g/mol. The van der Waals surface area contributed by atoms with Crippen LogP contribution in [0.25, 0.3) is 0 Å². The smallest absolute Gasteiger partial charge is 0.258 e. The maximum Gasteiger partial charge on any atom is 0.258 e. The molecule has 0 radical (unpaired) electrons. The van der Waals surface area contributed by atoms with E-state index in [1.807, 2.05) is 32.9 Å². The van der Waals surface area contributed by atoms with Crippen LogP contribution in [0.3, 0.4) is 0 Å². The number of hydrogen-bond donors (Lipinski definition) is 2. The highest BCUT2D eigenvalue weighted by Crippen LogP contribution is 2.23. The minimum absolute atomic E-state index is 0.00810. The highest BCUT2D eigenvalue weighted by atomic mass is 16.5. The first-order chi connectivity index (χ1) is 7.50. The first kappa shape index (κ1) is 12.4. The SMILES string of the molecule is Cc1cccc(OCC(=O)NC(C)C)c1N. The third-order valence-corrected chi connectivity index (χ3v) is 2.09. The molecule has 88 valence electrons. The number of carbonyl (C=O) groups is 1. The van der Waals surface area contributed by atoms with Crippen molar-refractivity contribution in [3.63, 3.8) is 0 Å². The number of hydrogen-bond acceptors (Lipinski definition) is 3. The fraction of sp³-hybridized carbons (Fsp3) is 0.417. The quantitative estimate of drug-likeness (QED) is 0.758. The summed E-state index contributed by atoms with van der Waals surface area (Å²) in [7, 11) is 0. The van der Waals surface area contributed by atoms with Gasteiger partial charge in [0.25, 0.3) is 5.91 Å². The summed E-state index contributed by atoms with van der Waals surface area (Å²) in [6, 6.07) is 5.62. The minimum atomic E-state index is -0.143. The van der Waals surface area contributed by atoms with Gasteiger partial charge >= 0.3 is 0 Å². The van der Waals surface area contributed by atoms with Crippen molar-refractivity contribution >= 4 is 11.6 Å². The lowest BCUT2D eigenvalue weighted by atomic mass is 10.2. The number of nitrogens with one attached hydrogen (secondary N) is 1. The van der Waals surface area contributed by atoms with Crippen molar-refractivity contribution in [2.75, 3.05) is 12.3 Å². The zero-order chi connectivity index (χ0) is 12.1. The molecule has 0 fully saturated rings. The third kappa shape index (κ3) is 3.46. The average Bonchev–Trinajstić information content (AvgIpc) is 2.19. The zero-order valence-corrected chi connectivity index (χ0v) is 9.91. The van der Waals surface area contributed by atoms with Gasteiger partial charge in [-0.3, -0.25) is 4.79 Å². The first-order valence-corrected chi connectivity index (χ1v) is 5.28. The second-order valence-electron chi connectivity index (χ2n) is 4.00. The van der Waals surface area contributed by atoms with Crippen LogP contribution in [-0.4, -0.2) is 18.6 Å². The second kappa shape index (κ2) is 5.39. The molecule has 0 bridgehead atoms. The fourth-order valence-corrected chi connectivity index (χ4v) is 1.29. The van der Waals surface area contributed by atoms with Crippen LogP contribution in [0.2, 0.25) is 0 Å². The molecule has 0 spiro atoms. The van der Waals surface area contributed by atoms with Crippen molar-refractivity contribution in [1.29, 1.82) is 0 Å². The topological polar surface area (TPSA) is 64.3 Å². The number of para-hydroxylation sites is 1. The molecule has 1 aromatic carbocycles. The van der Waals surface area contributed by atoms with Gasteiger partial charge in [0.2, 0.25) is 0 Å². The van der Waals surface area contributed by atoms with Gasteiger partial charge in [-0.05, 0) is 32.4 Å². The molecule has 1 amide bonds. The summed E-state index contributed by atoms with van der Waals surface area (Å²) >= 11 is 0. The zero-order valence-electron chi connectivity index (χ0n) is 9.91. The predicted octanol–water partition coefficient (Wildman–Crippen LogP) is 1.48. The molecule has 0 heterocycles. The molecule has 0 aliphatic rings. The van der Waals surface area contributed by atoms with Crippen LogP contribution in [0, 0.1) is 6.92 Å². The number of rotatable bonds is 4. The van der Waals surface area contributed by atoms with Crippen molar-refractivity contribution < 1.29 is 9.53 Å². The van der Waals surface area contributed by atoms with Gasteiger partial charge in [0.15, 0.2) is 6.61 Å². The Morgan fingerprint density at radius 1 is 1.50 bits per heavy atom. The molecule has 0 aliphatic heterocycles. The summed E-state index contributed by atoms with van der Waals surface area (Å²) in [5.41, 5.74) is 7.34. The van der Waals surface area contributed by atoms with E-state index in [1.165, 1.54) is 0 Å². The third-order valence-electron chi connectivity index (χ3n) is 2.09. The summed E-state index contributed by atoms with van der Waals surface area (Å²) < 4.78 is 5.34. The molecular formula is C12H18N2O2. The molecule has 0 aliphatic carbocycles. The van der Waals surface area contributed by atoms with Crippen LogP contribution < -0.4 is 15.8 Å². The van der Waals surface area contributed by atoms with Crippen LogP contribution in [0.4, 0.5) is 5.69 Å². The van der Waals surface area contributed by atoms with Crippen molar-refractivity contribution in [2.24, 2.45) is 0 Å². The normalized spacial score (nSPS) is 10.2. The maximum absolute atomic E-state index is 11.3. The lowest BCUT2D eigenvalue weighted by molar-refractivity contribution is -0.123. The van der Waals surface area contributed by atoms with E-state index in [0.717, 1.165) is 5.56 Å². The lowest BCUT2D eigenvalue weighted by Crippen LogP contribution is -2.34. The summed E-state index contributed by atoms with van der Waals surface area (Å²) in [5, 5.41) is 2.74. The van der Waals surface area contributed by atoms with E-state index in [4.69, 9.17) is 10.5 Å². The number of ether oxygens (including phenoxy) is 1. The number of amides is 1. The maximum atomic E-state index is 11.3. The Hall–Kier alpha value is -1.71. The van der Waals surface area contributed by atoms with Gasteiger partial charge in [-0.2, -0.15) is 0 Å². The van der Waals surface area contributed by atoms with E-state index in [2.05, 4.69) is 5.32 Å². The molecule has 0 saturated heterocycles. The standard InChI is InChI=1S/C12H18N2O2/c1-8(2)14-11(15)7-16-10-6-4-5-9(3)12(10)13/h4-6,8H,7,13H2,1-3H3,(H,14,15). The Bertz CT molecular complexity index is 375. The molecule has 4 heteroatoms. The van der Waals surface area contributed by atoms with Crippen molar-refractivity contribution in [1.82, 2.24) is 5.32 Å². The number of aryl methyl sites for hydroxylation is 1. The Kier molecular flexibility index (Phi) is 4.17. The minimum Gasteiger partial charge on any atom is -0.482 e. The molecule has 0 saturated carbocycles. The number of nitrogen functional groups attached to an aromatic ring is 1. The summed E-state index contributed by atoms with van der Waals surface area (Å²) in [5.74, 6) is 0.412. The molecule has 3 N–H and O–H groups in total. The van der Waals surface area contributed by atoms with Gasteiger partial charge in [0, 0.05) is 6.04 Å². The highest BCUT2D eigenvalue weighted by Gasteiger charge is 2.07. The van der Waals surface area contributed by atoms with E-state index in [1.54, 1.807) is 6.07 Å². The van der Waals surface area contributed by atoms with Gasteiger partial charge in [0.1, 0.15) is 5.75 Å². The van der Waals surface area contributed by atoms with Gasteiger partial charge in [0.05, 0.1) is 5.69 Å². The van der Waals surface area contributed by atoms with Gasteiger partial charge < -0.3 is 15.8 Å². The van der Waals surface area contributed by atoms with Gasteiger partial charge in [-0.25, -0.2) is 0 Å². The van der Waals surface area contributed by atoms with E-state index in [0.29, 0.717) is 11.4 Å². The fourth-order valence-electron chi connectivity index (χ4n) is 1.29. The van der Waals surface area contributed by atoms with Crippen molar-refractivity contribution in [3.8, 4) is 5.75 Å². The van der Waals surface area contributed by atoms with E-state index >= 15 is 0 Å². The Morgan fingerprint density at radius 2 is 2.19 bits per heavy atom. The number of benzene rings is 1. The molecule has 0 unspecified atom stereocenters. The van der Waals surface area contributed by atoms with Crippen LogP contribution in [0.5, 0.6) is 5.75 Å². The van der Waals surface area contributed by atoms with Gasteiger partial charge in [-0.1, -0.05) is 12.1 Å². The van der Waals surface area contributed by atoms with Gasteiger partial charge in [-0.15, -0.1) is 0 Å². The Balaban J connectivity index is 2.55. The van der Waals surface area contributed by atoms with Crippen molar-refractivity contribution in [3.05, 3.63) is 23.8 Å². The largest absolute Gasteiger partial charge is 0.482 e. The molecule has 0 atom stereocenters. The highest BCUT2D eigenvalue weighted by molar-refractivity contribution is 5.78. The first-order valence-electron chi connectivity index (χ1n) is 5.28. The predicted molar refractivity (Wildman–Crippen MR) is 64.4 cm³/mol. The van der Waals surface area contributed by atoms with Crippen LogP contribution in [-0.2, 0) is 4.79 Å². The van der Waals surface area contributed by atoms with Crippen LogP contribution in [0.1, 0.15) is 19.4 Å². The van der Waals surface area contributed by atoms with Crippen LogP contribution in [0.15, 0.2) is 18.2 Å². The molecule has 4 nitrogen and oxygen atoms in total. The van der Waals surface area contributed by atoms with E-state index in [9.17, 15) is 4.79 Å². The molecule has 1 rings (SSSR count).